The van der Waals surface area contributed by atoms with Crippen LogP contribution in [-0.2, 0) is 0 Å². The summed E-state index contributed by atoms with van der Waals surface area (Å²) in [5.74, 6) is -1.19. The van der Waals surface area contributed by atoms with Crippen LogP contribution in [-0.4, -0.2) is 0 Å². The van der Waals surface area contributed by atoms with Crippen LogP contribution in [0, 0.1) is 17.7 Å². The molecule has 0 aliphatic heterocycles. The number of halogens is 2. The van der Waals surface area contributed by atoms with E-state index in [-0.39, 0.29) is 0 Å². The minimum Gasteiger partial charge on any atom is -0.207 e. The van der Waals surface area contributed by atoms with Crippen molar-refractivity contribution in [2.45, 2.75) is 0 Å². The predicted molar refractivity (Wildman–Crippen MR) is 25.2 cm³/mol. The third-order valence-electron chi connectivity index (χ3n) is 0.718. The quantitative estimate of drug-likeness (QED) is 0.481. The maximum Gasteiger partial charge on any atom is 0.126 e. The van der Waals surface area contributed by atoms with Gasteiger partial charge in [0.15, 0.2) is 0 Å². The Kier molecular flexibility index (Phi) is 1.24. The van der Waals surface area contributed by atoms with Crippen molar-refractivity contribution in [1.29, 1.82) is 0 Å². The summed E-state index contributed by atoms with van der Waals surface area (Å²) < 4.78 is 23.8. The average molecular weight is 113 g/mol. The molecule has 0 amide bonds. The van der Waals surface area contributed by atoms with Crippen LogP contribution in [0.5, 0.6) is 0 Å². The standard InChI is InChI=1S/C6H3F2/c7-5-2-1-3-6(8)4-5/h2-4H. The van der Waals surface area contributed by atoms with E-state index in [0.29, 0.717) is 0 Å². The normalized spacial score (nSPS) is 9.25. The monoisotopic (exact) mass is 113 g/mol. The van der Waals surface area contributed by atoms with Crippen molar-refractivity contribution < 1.29 is 8.78 Å². The second kappa shape index (κ2) is 1.90. The van der Waals surface area contributed by atoms with Crippen LogP contribution in [0.2, 0.25) is 0 Å². The molecule has 0 heterocycles. The summed E-state index contributed by atoms with van der Waals surface area (Å²) in [6.07, 6.45) is 0. The van der Waals surface area contributed by atoms with E-state index >= 15 is 0 Å². The highest BCUT2D eigenvalue weighted by atomic mass is 19.1. The van der Waals surface area contributed by atoms with Gasteiger partial charge in [0.1, 0.15) is 11.6 Å². The molecule has 0 atom stereocenters. The van der Waals surface area contributed by atoms with Crippen LogP contribution >= 0.6 is 0 Å². The molecule has 0 saturated carbocycles. The van der Waals surface area contributed by atoms with E-state index in [0.717, 1.165) is 18.2 Å². The van der Waals surface area contributed by atoms with Gasteiger partial charge in [-0.3, -0.25) is 0 Å². The fourth-order valence-corrected chi connectivity index (χ4v) is 0.416. The first-order valence-electron chi connectivity index (χ1n) is 2.11. The molecule has 0 saturated heterocycles. The van der Waals surface area contributed by atoms with Gasteiger partial charge in [-0.2, -0.15) is 0 Å². The first-order chi connectivity index (χ1) is 3.79. The summed E-state index contributed by atoms with van der Waals surface area (Å²) in [6, 6.07) is 5.23. The first kappa shape index (κ1) is 5.22. The topological polar surface area (TPSA) is 0 Å². The molecule has 0 aliphatic rings. The van der Waals surface area contributed by atoms with Crippen LogP contribution in [0.4, 0.5) is 8.78 Å². The number of benzene rings is 1. The van der Waals surface area contributed by atoms with E-state index in [1.807, 2.05) is 0 Å². The Bertz CT molecular complexity index is 166. The van der Waals surface area contributed by atoms with Gasteiger partial charge >= 0.3 is 0 Å². The number of hydrogen-bond donors (Lipinski definition) is 0. The molecule has 1 aromatic carbocycles. The van der Waals surface area contributed by atoms with Crippen LogP contribution < -0.4 is 0 Å². The summed E-state index contributed by atoms with van der Waals surface area (Å²) in [5, 5.41) is 0. The molecule has 1 radical (unpaired) electrons. The van der Waals surface area contributed by atoms with Gasteiger partial charge in [-0.15, -0.1) is 0 Å². The molecule has 2 heteroatoms. The van der Waals surface area contributed by atoms with E-state index in [2.05, 4.69) is 6.07 Å². The van der Waals surface area contributed by atoms with Crippen molar-refractivity contribution in [2.24, 2.45) is 0 Å². The maximum atomic E-state index is 11.9. The Labute approximate surface area is 45.8 Å². The molecule has 8 heavy (non-hydrogen) atoms. The van der Waals surface area contributed by atoms with Gasteiger partial charge < -0.3 is 0 Å². The van der Waals surface area contributed by atoms with Gasteiger partial charge in [-0.1, -0.05) is 0 Å². The molecule has 0 aliphatic carbocycles. The minimum absolute atomic E-state index is 0.593. The Morgan fingerprint density at radius 1 is 1.12 bits per heavy atom. The van der Waals surface area contributed by atoms with Crippen molar-refractivity contribution in [3.8, 4) is 0 Å². The maximum absolute atomic E-state index is 11.9. The Balaban J connectivity index is 3.08. The molecule has 41 valence electrons. The van der Waals surface area contributed by atoms with Crippen molar-refractivity contribution in [1.82, 2.24) is 0 Å². The lowest BCUT2D eigenvalue weighted by atomic mass is 10.3. The molecule has 0 unspecified atom stereocenters. The fourth-order valence-electron chi connectivity index (χ4n) is 0.416. The lowest BCUT2D eigenvalue weighted by Gasteiger charge is -1.83. The van der Waals surface area contributed by atoms with Gasteiger partial charge in [-0.25, -0.2) is 8.78 Å². The largest absolute Gasteiger partial charge is 0.207 e. The third kappa shape index (κ3) is 1.03. The minimum atomic E-state index is -0.593. The van der Waals surface area contributed by atoms with E-state index in [4.69, 9.17) is 0 Å². The number of rotatable bonds is 0. The van der Waals surface area contributed by atoms with Crippen molar-refractivity contribution >= 4 is 0 Å². The second-order valence-corrected chi connectivity index (χ2v) is 1.37. The lowest BCUT2D eigenvalue weighted by Crippen LogP contribution is -1.74. The van der Waals surface area contributed by atoms with Gasteiger partial charge in [0, 0.05) is 6.07 Å². The van der Waals surface area contributed by atoms with E-state index < -0.39 is 11.6 Å². The molecular weight excluding hydrogens is 110 g/mol. The molecule has 1 aromatic rings. The van der Waals surface area contributed by atoms with Crippen LogP contribution in [0.25, 0.3) is 0 Å². The van der Waals surface area contributed by atoms with Gasteiger partial charge in [0.25, 0.3) is 0 Å². The Morgan fingerprint density at radius 3 is 1.88 bits per heavy atom. The Morgan fingerprint density at radius 2 is 1.62 bits per heavy atom. The highest BCUT2D eigenvalue weighted by molar-refractivity contribution is 5.03. The van der Waals surface area contributed by atoms with Crippen molar-refractivity contribution in [3.05, 3.63) is 35.9 Å². The first-order valence-corrected chi connectivity index (χ1v) is 2.11. The molecule has 0 aromatic heterocycles. The molecule has 0 nitrogen and oxygen atoms in total. The average Bonchev–Trinajstić information content (AvgIpc) is 1.64. The lowest BCUT2D eigenvalue weighted by molar-refractivity contribution is 0.583. The smallest absolute Gasteiger partial charge is 0.126 e. The molecule has 0 spiro atoms. The molecule has 0 bridgehead atoms. The SMILES string of the molecule is Fc1c[c]cc(F)c1. The van der Waals surface area contributed by atoms with Gasteiger partial charge in [0.2, 0.25) is 0 Å². The third-order valence-corrected chi connectivity index (χ3v) is 0.718. The summed E-state index contributed by atoms with van der Waals surface area (Å²) in [7, 11) is 0. The second-order valence-electron chi connectivity index (χ2n) is 1.37. The summed E-state index contributed by atoms with van der Waals surface area (Å²) in [5.41, 5.74) is 0. The Hall–Kier alpha value is -0.920. The van der Waals surface area contributed by atoms with E-state index in [9.17, 15) is 8.78 Å². The summed E-state index contributed by atoms with van der Waals surface area (Å²) in [6.45, 7) is 0. The zero-order chi connectivity index (χ0) is 5.98. The molecule has 0 N–H and O–H groups in total. The zero-order valence-corrected chi connectivity index (χ0v) is 3.99. The summed E-state index contributed by atoms with van der Waals surface area (Å²) >= 11 is 0. The van der Waals surface area contributed by atoms with E-state index in [1.165, 1.54) is 0 Å². The fraction of sp³-hybridized carbons (Fsp3) is 0. The number of hydrogen-bond acceptors (Lipinski definition) is 0. The van der Waals surface area contributed by atoms with Gasteiger partial charge in [-0.05, 0) is 18.2 Å². The highest BCUT2D eigenvalue weighted by Crippen LogP contribution is 1.98. The molecular formula is C6H3F2. The van der Waals surface area contributed by atoms with Crippen LogP contribution in [0.1, 0.15) is 0 Å². The summed E-state index contributed by atoms with van der Waals surface area (Å²) in [4.78, 5) is 0. The predicted octanol–water partition coefficient (Wildman–Crippen LogP) is 1.76. The van der Waals surface area contributed by atoms with Crippen molar-refractivity contribution in [3.63, 3.8) is 0 Å². The molecule has 0 fully saturated rings. The van der Waals surface area contributed by atoms with Gasteiger partial charge in [0.05, 0.1) is 0 Å². The zero-order valence-electron chi connectivity index (χ0n) is 3.99. The highest BCUT2D eigenvalue weighted by Gasteiger charge is 1.88. The van der Waals surface area contributed by atoms with Crippen molar-refractivity contribution in [2.75, 3.05) is 0 Å². The molecule has 1 rings (SSSR count). The van der Waals surface area contributed by atoms with E-state index in [1.54, 1.807) is 0 Å². The van der Waals surface area contributed by atoms with Crippen LogP contribution in [0.3, 0.4) is 0 Å². The van der Waals surface area contributed by atoms with Crippen LogP contribution in [0.15, 0.2) is 18.2 Å².